The van der Waals surface area contributed by atoms with Crippen LogP contribution in [0.1, 0.15) is 46.4 Å². The normalized spacial score (nSPS) is 14.5. The number of nitrogens with zero attached hydrogens (tertiary/aromatic N) is 1. The number of rotatable bonds is 3. The zero-order chi connectivity index (χ0) is 18.8. The second kappa shape index (κ2) is 7.72. The molecule has 0 N–H and O–H groups in total. The Morgan fingerprint density at radius 1 is 0.846 bits per heavy atom. The van der Waals surface area contributed by atoms with Crippen LogP contribution in [0.3, 0.4) is 0 Å². The Labute approximate surface area is 159 Å². The maximum absolute atomic E-state index is 14.2. The van der Waals surface area contributed by atoms with Gasteiger partial charge in [-0.15, -0.1) is 0 Å². The maximum Gasteiger partial charge on any atom is 0.264 e. The molecule has 1 fully saturated rings. The van der Waals surface area contributed by atoms with Gasteiger partial charge in [0, 0.05) is 16.1 Å². The fourth-order valence-electron chi connectivity index (χ4n) is 3.17. The van der Waals surface area contributed by atoms with Crippen LogP contribution in [-0.4, -0.2) is 22.8 Å². The molecule has 0 heterocycles. The van der Waals surface area contributed by atoms with Crippen LogP contribution < -0.4 is 0 Å². The molecule has 0 radical (unpaired) electrons. The smallest absolute Gasteiger partial charge is 0.264 e. The fourth-order valence-corrected chi connectivity index (χ4v) is 3.51. The van der Waals surface area contributed by atoms with Crippen molar-refractivity contribution in [2.75, 3.05) is 0 Å². The van der Waals surface area contributed by atoms with Gasteiger partial charge in [0.15, 0.2) is 0 Å². The first-order valence-electron chi connectivity index (χ1n) is 8.16. The van der Waals surface area contributed by atoms with E-state index in [2.05, 4.69) is 0 Å². The van der Waals surface area contributed by atoms with E-state index in [9.17, 15) is 18.4 Å². The predicted octanol–water partition coefficient (Wildman–Crippen LogP) is 5.50. The summed E-state index contributed by atoms with van der Waals surface area (Å²) in [5, 5.41) is 0.338. The third kappa shape index (κ3) is 3.74. The molecule has 2 amide bonds. The summed E-state index contributed by atoms with van der Waals surface area (Å²) in [4.78, 5) is 26.9. The van der Waals surface area contributed by atoms with Crippen molar-refractivity contribution >= 4 is 35.0 Å². The average Bonchev–Trinajstić information content (AvgIpc) is 3.13. The number of hydrogen-bond acceptors (Lipinski definition) is 2. The molecule has 7 heteroatoms. The van der Waals surface area contributed by atoms with E-state index in [4.69, 9.17) is 23.2 Å². The van der Waals surface area contributed by atoms with Crippen molar-refractivity contribution in [3.8, 4) is 0 Å². The van der Waals surface area contributed by atoms with E-state index in [1.807, 2.05) is 0 Å². The van der Waals surface area contributed by atoms with E-state index < -0.39 is 29.5 Å². The number of imide groups is 1. The van der Waals surface area contributed by atoms with Gasteiger partial charge in [0.2, 0.25) is 0 Å². The minimum absolute atomic E-state index is 0.169. The van der Waals surface area contributed by atoms with Gasteiger partial charge in [-0.05, 0) is 49.2 Å². The minimum Gasteiger partial charge on any atom is -0.271 e. The Morgan fingerprint density at radius 3 is 1.69 bits per heavy atom. The Bertz CT molecular complexity index is 803. The van der Waals surface area contributed by atoms with Crippen molar-refractivity contribution in [2.24, 2.45) is 0 Å². The monoisotopic (exact) mass is 397 g/mol. The van der Waals surface area contributed by atoms with Crippen LogP contribution in [0, 0.1) is 11.6 Å². The summed E-state index contributed by atoms with van der Waals surface area (Å²) in [6, 6.07) is 6.66. The van der Waals surface area contributed by atoms with Gasteiger partial charge >= 0.3 is 0 Å². The number of carbonyl (C=O) groups is 2. The van der Waals surface area contributed by atoms with Gasteiger partial charge in [0.25, 0.3) is 11.8 Å². The third-order valence-electron chi connectivity index (χ3n) is 4.45. The summed E-state index contributed by atoms with van der Waals surface area (Å²) in [5.74, 6) is -3.24. The summed E-state index contributed by atoms with van der Waals surface area (Å²) >= 11 is 11.7. The summed E-state index contributed by atoms with van der Waals surface area (Å²) in [6.45, 7) is 0. The molecule has 0 spiro atoms. The van der Waals surface area contributed by atoms with Crippen molar-refractivity contribution in [3.05, 3.63) is 69.2 Å². The van der Waals surface area contributed by atoms with Crippen LogP contribution in [0.4, 0.5) is 8.78 Å². The van der Waals surface area contributed by atoms with Crippen LogP contribution in [0.5, 0.6) is 0 Å². The second-order valence-electron chi connectivity index (χ2n) is 6.17. The maximum atomic E-state index is 14.2. The van der Waals surface area contributed by atoms with E-state index in [0.29, 0.717) is 12.8 Å². The first-order valence-corrected chi connectivity index (χ1v) is 8.92. The fraction of sp³-hybridized carbons (Fsp3) is 0.263. The second-order valence-corrected chi connectivity index (χ2v) is 7.04. The van der Waals surface area contributed by atoms with Crippen LogP contribution >= 0.6 is 23.2 Å². The van der Waals surface area contributed by atoms with Gasteiger partial charge in [-0.25, -0.2) is 8.78 Å². The Morgan fingerprint density at radius 2 is 1.27 bits per heavy atom. The first kappa shape index (κ1) is 18.8. The molecule has 0 saturated heterocycles. The number of benzene rings is 2. The molecule has 1 saturated carbocycles. The van der Waals surface area contributed by atoms with E-state index >= 15 is 0 Å². The van der Waals surface area contributed by atoms with Crippen molar-refractivity contribution in [1.82, 2.24) is 4.90 Å². The molecule has 2 aromatic carbocycles. The summed E-state index contributed by atoms with van der Waals surface area (Å²) in [7, 11) is 0. The summed E-state index contributed by atoms with van der Waals surface area (Å²) in [5.41, 5.74) is -0.639. The van der Waals surface area contributed by atoms with E-state index in [1.165, 1.54) is 24.3 Å². The number of hydrogen-bond donors (Lipinski definition) is 0. The van der Waals surface area contributed by atoms with Gasteiger partial charge in [0.05, 0.1) is 11.1 Å². The van der Waals surface area contributed by atoms with E-state index in [1.54, 1.807) is 0 Å². The van der Waals surface area contributed by atoms with Crippen LogP contribution in [0.15, 0.2) is 36.4 Å². The highest BCUT2D eigenvalue weighted by molar-refractivity contribution is 6.31. The van der Waals surface area contributed by atoms with Crippen molar-refractivity contribution < 1.29 is 18.4 Å². The Balaban J connectivity index is 2.05. The molecule has 2 aromatic rings. The largest absolute Gasteiger partial charge is 0.271 e. The quantitative estimate of drug-likeness (QED) is 0.641. The van der Waals surface area contributed by atoms with E-state index in [0.717, 1.165) is 29.9 Å². The highest BCUT2D eigenvalue weighted by Gasteiger charge is 2.35. The minimum atomic E-state index is -0.832. The SMILES string of the molecule is O=C(c1cc(Cl)ccc1F)N(C(=O)c1cc(Cl)ccc1F)C1CCCC1. The van der Waals surface area contributed by atoms with Gasteiger partial charge in [-0.1, -0.05) is 36.0 Å². The topological polar surface area (TPSA) is 37.4 Å². The van der Waals surface area contributed by atoms with Crippen molar-refractivity contribution in [3.63, 3.8) is 0 Å². The van der Waals surface area contributed by atoms with Crippen molar-refractivity contribution in [1.29, 1.82) is 0 Å². The summed E-state index contributed by atoms with van der Waals surface area (Å²) < 4.78 is 28.3. The zero-order valence-corrected chi connectivity index (χ0v) is 15.2. The molecule has 0 atom stereocenters. The lowest BCUT2D eigenvalue weighted by Gasteiger charge is -2.27. The van der Waals surface area contributed by atoms with Gasteiger partial charge in [-0.2, -0.15) is 0 Å². The molecule has 1 aliphatic carbocycles. The number of halogens is 4. The zero-order valence-electron chi connectivity index (χ0n) is 13.6. The molecular weight excluding hydrogens is 383 g/mol. The molecule has 0 unspecified atom stereocenters. The lowest BCUT2D eigenvalue weighted by Crippen LogP contribution is -2.44. The highest BCUT2D eigenvalue weighted by Crippen LogP contribution is 2.29. The lowest BCUT2D eigenvalue weighted by molar-refractivity contribution is 0.0542. The molecule has 136 valence electrons. The predicted molar refractivity (Wildman–Crippen MR) is 95.6 cm³/mol. The molecule has 0 aromatic heterocycles. The first-order chi connectivity index (χ1) is 12.4. The van der Waals surface area contributed by atoms with Crippen LogP contribution in [0.25, 0.3) is 0 Å². The van der Waals surface area contributed by atoms with Crippen molar-refractivity contribution in [2.45, 2.75) is 31.7 Å². The van der Waals surface area contributed by atoms with Gasteiger partial charge in [-0.3, -0.25) is 14.5 Å². The Kier molecular flexibility index (Phi) is 5.58. The molecule has 0 aliphatic heterocycles. The number of carbonyl (C=O) groups excluding carboxylic acids is 2. The Hall–Kier alpha value is -1.98. The summed E-state index contributed by atoms with van der Waals surface area (Å²) in [6.07, 6.45) is 2.83. The third-order valence-corrected chi connectivity index (χ3v) is 4.92. The molecule has 3 nitrogen and oxygen atoms in total. The molecule has 26 heavy (non-hydrogen) atoms. The molecule has 3 rings (SSSR count). The van der Waals surface area contributed by atoms with Gasteiger partial charge < -0.3 is 0 Å². The highest BCUT2D eigenvalue weighted by atomic mass is 35.5. The number of amides is 2. The molecule has 1 aliphatic rings. The lowest BCUT2D eigenvalue weighted by atomic mass is 10.1. The van der Waals surface area contributed by atoms with E-state index in [-0.39, 0.29) is 21.2 Å². The standard InChI is InChI=1S/C19H15Cl2F2NO2/c20-11-5-7-16(22)14(9-11)18(25)24(13-3-1-2-4-13)19(26)15-10-12(21)6-8-17(15)23/h5-10,13H,1-4H2. The van der Waals surface area contributed by atoms with Crippen LogP contribution in [-0.2, 0) is 0 Å². The van der Waals surface area contributed by atoms with Gasteiger partial charge in [0.1, 0.15) is 11.6 Å². The molecular formula is C19H15Cl2F2NO2. The average molecular weight is 398 g/mol. The van der Waals surface area contributed by atoms with Crippen LogP contribution in [0.2, 0.25) is 10.0 Å². The molecule has 0 bridgehead atoms.